The van der Waals surface area contributed by atoms with E-state index in [0.29, 0.717) is 0 Å². The van der Waals surface area contributed by atoms with Crippen LogP contribution in [-0.4, -0.2) is 37.6 Å². The molecule has 0 aliphatic heterocycles. The Morgan fingerprint density at radius 3 is 2.32 bits per heavy atom. The van der Waals surface area contributed by atoms with Crippen LogP contribution in [0.5, 0.6) is 12.0 Å². The number of methoxy groups -OCH3 is 2. The molecule has 0 fully saturated rings. The van der Waals surface area contributed by atoms with Crippen molar-refractivity contribution in [1.29, 1.82) is 0 Å². The van der Waals surface area contributed by atoms with Crippen LogP contribution in [0.25, 0.3) is 0 Å². The van der Waals surface area contributed by atoms with Crippen LogP contribution in [0.2, 0.25) is 0 Å². The Morgan fingerprint density at radius 2 is 1.77 bits per heavy atom. The van der Waals surface area contributed by atoms with E-state index >= 15 is 0 Å². The quantitative estimate of drug-likeness (QED) is 0.824. The van der Waals surface area contributed by atoms with E-state index in [0.717, 1.165) is 12.1 Å². The van der Waals surface area contributed by atoms with Crippen molar-refractivity contribution in [2.45, 2.75) is 11.4 Å². The number of nitrogens with one attached hydrogen (secondary N) is 1. The molecule has 1 aromatic carbocycles. The Kier molecular flexibility index (Phi) is 4.83. The van der Waals surface area contributed by atoms with E-state index in [1.54, 1.807) is 0 Å². The molecular formula is C12H13FN4O4S. The molecule has 0 aliphatic carbocycles. The molecule has 118 valence electrons. The Balaban J connectivity index is 2.18. The first-order valence-electron chi connectivity index (χ1n) is 6.03. The topological polar surface area (TPSA) is 103 Å². The smallest absolute Gasteiger partial charge is 0.322 e. The molecule has 0 saturated heterocycles. The predicted molar refractivity (Wildman–Crippen MR) is 73.4 cm³/mol. The number of hydrogen-bond acceptors (Lipinski definition) is 7. The minimum atomic E-state index is -3.89. The van der Waals surface area contributed by atoms with Gasteiger partial charge in [0.15, 0.2) is 5.82 Å². The highest BCUT2D eigenvalue weighted by atomic mass is 32.2. The summed E-state index contributed by atoms with van der Waals surface area (Å²) in [6.07, 6.45) is 0. The van der Waals surface area contributed by atoms with Crippen molar-refractivity contribution >= 4 is 10.0 Å². The summed E-state index contributed by atoms with van der Waals surface area (Å²) in [4.78, 5) is 11.4. The summed E-state index contributed by atoms with van der Waals surface area (Å²) < 4.78 is 49.2. The van der Waals surface area contributed by atoms with Gasteiger partial charge in [0.2, 0.25) is 10.0 Å². The standard InChI is InChI=1S/C12H13FN4O4S/c1-20-11-15-10(16-12(17-11)21-2)7-14-22(18,19)9-5-3-4-8(13)6-9/h3-6,14H,7H2,1-2H3. The van der Waals surface area contributed by atoms with E-state index in [2.05, 4.69) is 19.7 Å². The lowest BCUT2D eigenvalue weighted by atomic mass is 10.4. The van der Waals surface area contributed by atoms with Crippen molar-refractivity contribution in [2.24, 2.45) is 0 Å². The first-order valence-corrected chi connectivity index (χ1v) is 7.51. The molecule has 2 aromatic rings. The maximum atomic E-state index is 13.1. The van der Waals surface area contributed by atoms with Crippen molar-refractivity contribution in [1.82, 2.24) is 19.7 Å². The van der Waals surface area contributed by atoms with Crippen molar-refractivity contribution in [3.63, 3.8) is 0 Å². The van der Waals surface area contributed by atoms with Crippen LogP contribution in [0.15, 0.2) is 29.2 Å². The number of nitrogens with zero attached hydrogens (tertiary/aromatic N) is 3. The molecule has 0 bridgehead atoms. The maximum absolute atomic E-state index is 13.1. The van der Waals surface area contributed by atoms with Gasteiger partial charge < -0.3 is 9.47 Å². The molecule has 1 aromatic heterocycles. The zero-order valence-electron chi connectivity index (χ0n) is 11.8. The van der Waals surface area contributed by atoms with E-state index in [9.17, 15) is 12.8 Å². The van der Waals surface area contributed by atoms with Crippen LogP contribution in [0, 0.1) is 5.82 Å². The minimum absolute atomic E-state index is 0.00759. The van der Waals surface area contributed by atoms with Gasteiger partial charge in [-0.15, -0.1) is 4.98 Å². The largest absolute Gasteiger partial charge is 0.467 e. The van der Waals surface area contributed by atoms with E-state index in [-0.39, 0.29) is 29.3 Å². The summed E-state index contributed by atoms with van der Waals surface area (Å²) in [5, 5.41) is 0. The molecule has 0 amide bonds. The number of hydrogen-bond donors (Lipinski definition) is 1. The summed E-state index contributed by atoms with van der Waals surface area (Å²) in [7, 11) is -1.18. The van der Waals surface area contributed by atoms with Gasteiger partial charge in [0, 0.05) is 0 Å². The van der Waals surface area contributed by atoms with Crippen LogP contribution in [0.1, 0.15) is 5.82 Å². The average Bonchev–Trinajstić information content (AvgIpc) is 2.52. The fraction of sp³-hybridized carbons (Fsp3) is 0.250. The number of aromatic nitrogens is 3. The molecule has 8 nitrogen and oxygen atoms in total. The molecule has 0 radical (unpaired) electrons. The van der Waals surface area contributed by atoms with E-state index < -0.39 is 15.8 Å². The van der Waals surface area contributed by atoms with Gasteiger partial charge in [0.25, 0.3) is 0 Å². The fourth-order valence-corrected chi connectivity index (χ4v) is 2.53. The summed E-state index contributed by atoms with van der Waals surface area (Å²) in [6, 6.07) is 4.63. The highest BCUT2D eigenvalue weighted by molar-refractivity contribution is 7.89. The number of benzene rings is 1. The Labute approximate surface area is 126 Å². The Hall–Kier alpha value is -2.33. The molecule has 0 unspecified atom stereocenters. The summed E-state index contributed by atoms with van der Waals surface area (Å²) in [6.45, 7) is -0.228. The average molecular weight is 328 g/mol. The summed E-state index contributed by atoms with van der Waals surface area (Å²) in [5.74, 6) is -0.546. The lowest BCUT2D eigenvalue weighted by molar-refractivity contribution is 0.336. The van der Waals surface area contributed by atoms with Gasteiger partial charge in [-0.05, 0) is 18.2 Å². The highest BCUT2D eigenvalue weighted by Crippen LogP contribution is 2.12. The van der Waals surface area contributed by atoms with Gasteiger partial charge in [-0.2, -0.15) is 9.97 Å². The van der Waals surface area contributed by atoms with Gasteiger partial charge in [-0.1, -0.05) is 6.07 Å². The monoisotopic (exact) mass is 328 g/mol. The first kappa shape index (κ1) is 16.0. The predicted octanol–water partition coefficient (Wildman–Crippen LogP) is 0.506. The van der Waals surface area contributed by atoms with Crippen LogP contribution in [0.3, 0.4) is 0 Å². The molecular weight excluding hydrogens is 315 g/mol. The Bertz CT molecular complexity index is 747. The number of halogens is 1. The molecule has 10 heteroatoms. The normalized spacial score (nSPS) is 11.2. The molecule has 0 atom stereocenters. The van der Waals surface area contributed by atoms with Gasteiger partial charge in [-0.25, -0.2) is 17.5 Å². The molecule has 0 aliphatic rings. The lowest BCUT2D eigenvalue weighted by Crippen LogP contribution is -2.24. The molecule has 1 heterocycles. The molecule has 1 N–H and O–H groups in total. The van der Waals surface area contributed by atoms with Crippen molar-refractivity contribution in [2.75, 3.05) is 14.2 Å². The van der Waals surface area contributed by atoms with Crippen LogP contribution in [-0.2, 0) is 16.6 Å². The number of ether oxygens (including phenoxy) is 2. The fourth-order valence-electron chi connectivity index (χ4n) is 1.52. The third-order valence-corrected chi connectivity index (χ3v) is 3.93. The minimum Gasteiger partial charge on any atom is -0.467 e. The second-order valence-corrected chi connectivity index (χ2v) is 5.77. The third-order valence-electron chi connectivity index (χ3n) is 2.53. The van der Waals surface area contributed by atoms with Crippen molar-refractivity contribution < 1.29 is 22.3 Å². The van der Waals surface area contributed by atoms with E-state index in [1.165, 1.54) is 26.4 Å². The SMILES string of the molecule is COc1nc(CNS(=O)(=O)c2cccc(F)c2)nc(OC)n1. The van der Waals surface area contributed by atoms with Crippen molar-refractivity contribution in [3.05, 3.63) is 35.9 Å². The zero-order chi connectivity index (χ0) is 16.2. The molecule has 0 saturated carbocycles. The Morgan fingerprint density at radius 1 is 1.14 bits per heavy atom. The summed E-state index contributed by atoms with van der Waals surface area (Å²) in [5.41, 5.74) is 0. The lowest BCUT2D eigenvalue weighted by Gasteiger charge is -2.07. The van der Waals surface area contributed by atoms with Crippen molar-refractivity contribution in [3.8, 4) is 12.0 Å². The third kappa shape index (κ3) is 3.86. The zero-order valence-corrected chi connectivity index (χ0v) is 12.6. The van der Waals surface area contributed by atoms with E-state index in [1.807, 2.05) is 0 Å². The number of sulfonamides is 1. The number of rotatable bonds is 6. The highest BCUT2D eigenvalue weighted by Gasteiger charge is 2.16. The van der Waals surface area contributed by atoms with Crippen LogP contribution in [0.4, 0.5) is 4.39 Å². The van der Waals surface area contributed by atoms with Gasteiger partial charge >= 0.3 is 12.0 Å². The molecule has 2 rings (SSSR count). The van der Waals surface area contributed by atoms with Gasteiger partial charge in [0.1, 0.15) is 5.82 Å². The molecule has 0 spiro atoms. The van der Waals surface area contributed by atoms with Gasteiger partial charge in [0.05, 0.1) is 25.7 Å². The maximum Gasteiger partial charge on any atom is 0.322 e. The van der Waals surface area contributed by atoms with E-state index in [4.69, 9.17) is 9.47 Å². The molecule has 22 heavy (non-hydrogen) atoms. The first-order chi connectivity index (χ1) is 10.4. The van der Waals surface area contributed by atoms with Crippen LogP contribution >= 0.6 is 0 Å². The second-order valence-electron chi connectivity index (χ2n) is 4.01. The summed E-state index contributed by atoms with van der Waals surface area (Å²) >= 11 is 0. The second kappa shape index (κ2) is 6.62. The van der Waals surface area contributed by atoms with Crippen LogP contribution < -0.4 is 14.2 Å². The van der Waals surface area contributed by atoms with Gasteiger partial charge in [-0.3, -0.25) is 0 Å².